The molecule has 6 nitrogen and oxygen atoms in total. The predicted molar refractivity (Wildman–Crippen MR) is 157 cm³/mol. The molecule has 0 amide bonds. The van der Waals surface area contributed by atoms with E-state index in [1.165, 1.54) is 0 Å². The van der Waals surface area contributed by atoms with Gasteiger partial charge in [-0.1, -0.05) is 121 Å². The van der Waals surface area contributed by atoms with Gasteiger partial charge in [0, 0.05) is 0 Å². The van der Waals surface area contributed by atoms with Crippen molar-refractivity contribution in [3.8, 4) is 0 Å². The maximum absolute atomic E-state index is 10.4. The summed E-state index contributed by atoms with van der Waals surface area (Å²) in [6.07, 6.45) is -2.58. The van der Waals surface area contributed by atoms with Crippen LogP contribution in [0.25, 0.3) is 0 Å². The van der Waals surface area contributed by atoms with E-state index in [0.29, 0.717) is 26.4 Å². The highest BCUT2D eigenvalue weighted by molar-refractivity contribution is 5.16. The van der Waals surface area contributed by atoms with Crippen molar-refractivity contribution in [3.63, 3.8) is 0 Å². The molecular formula is C35H38O6. The minimum atomic E-state index is -0.617. The average Bonchev–Trinajstić information content (AvgIpc) is 3.04. The summed E-state index contributed by atoms with van der Waals surface area (Å²) < 4.78 is 32.2. The standard InChI is InChI=1S/C35H38O6/c36-21-31(37-22-27-13-5-1-6-14-27)33-35(40-25-30-19-11-4-12-20-30)34(39-24-29-17-9-3-10-18-29)32(26-41-33)38-23-28-15-7-2-8-16-28/h1-20,31-36H,21-26H2/t31-,32-,33-,34-,35-/m1/s1. The van der Waals surface area contributed by atoms with Crippen LogP contribution >= 0.6 is 0 Å². The fourth-order valence-electron chi connectivity index (χ4n) is 4.99. The van der Waals surface area contributed by atoms with Crippen LogP contribution in [0.15, 0.2) is 121 Å². The highest BCUT2D eigenvalue weighted by Crippen LogP contribution is 2.29. The first-order valence-electron chi connectivity index (χ1n) is 14.1. The number of ether oxygens (including phenoxy) is 5. The second-order valence-electron chi connectivity index (χ2n) is 10.2. The first kappa shape index (κ1) is 29.1. The summed E-state index contributed by atoms with van der Waals surface area (Å²) in [7, 11) is 0. The lowest BCUT2D eigenvalue weighted by molar-refractivity contribution is -0.262. The van der Waals surface area contributed by atoms with Gasteiger partial charge in [0.1, 0.15) is 30.5 Å². The van der Waals surface area contributed by atoms with Crippen LogP contribution in [0.2, 0.25) is 0 Å². The van der Waals surface area contributed by atoms with Gasteiger partial charge in [-0.2, -0.15) is 0 Å². The maximum Gasteiger partial charge on any atom is 0.115 e. The van der Waals surface area contributed by atoms with Crippen molar-refractivity contribution in [2.75, 3.05) is 13.2 Å². The van der Waals surface area contributed by atoms with Crippen molar-refractivity contribution in [1.82, 2.24) is 0 Å². The van der Waals surface area contributed by atoms with Gasteiger partial charge < -0.3 is 28.8 Å². The van der Waals surface area contributed by atoms with Crippen LogP contribution in [0.1, 0.15) is 22.3 Å². The second kappa shape index (κ2) is 15.6. The summed E-state index contributed by atoms with van der Waals surface area (Å²) in [5.74, 6) is 0. The fourth-order valence-corrected chi connectivity index (χ4v) is 4.99. The van der Waals surface area contributed by atoms with E-state index in [1.807, 2.05) is 121 Å². The van der Waals surface area contributed by atoms with Gasteiger partial charge in [-0.3, -0.25) is 0 Å². The molecule has 5 rings (SSSR count). The molecule has 4 aromatic rings. The topological polar surface area (TPSA) is 66.4 Å². The zero-order valence-corrected chi connectivity index (χ0v) is 23.2. The van der Waals surface area contributed by atoms with Gasteiger partial charge in [-0.05, 0) is 22.3 Å². The third kappa shape index (κ3) is 8.57. The molecule has 6 heteroatoms. The molecule has 5 atom stereocenters. The smallest absolute Gasteiger partial charge is 0.115 e. The van der Waals surface area contributed by atoms with E-state index in [-0.39, 0.29) is 19.3 Å². The SMILES string of the molecule is OC[C@@H](OCc1ccccc1)[C@H]1OC[C@@H](OCc2ccccc2)[C@@H](OCc2ccccc2)[C@@H]1OCc1ccccc1. The average molecular weight is 555 g/mol. The minimum absolute atomic E-state index is 0.219. The summed E-state index contributed by atoms with van der Waals surface area (Å²) in [6.45, 7) is 1.59. The molecule has 1 aliphatic rings. The van der Waals surface area contributed by atoms with E-state index >= 15 is 0 Å². The lowest BCUT2D eigenvalue weighted by atomic mass is 9.95. The Kier molecular flexibility index (Phi) is 11.1. The largest absolute Gasteiger partial charge is 0.394 e. The quantitative estimate of drug-likeness (QED) is 0.215. The molecule has 0 bridgehead atoms. The van der Waals surface area contributed by atoms with Gasteiger partial charge in [-0.25, -0.2) is 0 Å². The number of aliphatic hydroxyl groups is 1. The molecule has 0 radical (unpaired) electrons. The van der Waals surface area contributed by atoms with E-state index in [4.69, 9.17) is 23.7 Å². The lowest BCUT2D eigenvalue weighted by Gasteiger charge is -2.44. The predicted octanol–water partition coefficient (Wildman–Crippen LogP) is 5.72. The van der Waals surface area contributed by atoms with Crippen molar-refractivity contribution >= 4 is 0 Å². The third-order valence-corrected chi connectivity index (χ3v) is 7.20. The number of aliphatic hydroxyl groups excluding tert-OH is 1. The fraction of sp³-hybridized carbons (Fsp3) is 0.314. The summed E-state index contributed by atoms with van der Waals surface area (Å²) in [5.41, 5.74) is 4.17. The van der Waals surface area contributed by atoms with Crippen molar-refractivity contribution in [3.05, 3.63) is 144 Å². The zero-order valence-electron chi connectivity index (χ0n) is 23.2. The Morgan fingerprint density at radius 1 is 0.561 bits per heavy atom. The molecular weight excluding hydrogens is 516 g/mol. The monoisotopic (exact) mass is 554 g/mol. The van der Waals surface area contributed by atoms with Crippen molar-refractivity contribution < 1.29 is 28.8 Å². The molecule has 1 saturated heterocycles. The highest BCUT2D eigenvalue weighted by atomic mass is 16.6. The Bertz CT molecular complexity index is 1260. The van der Waals surface area contributed by atoms with E-state index in [9.17, 15) is 5.11 Å². The molecule has 1 N–H and O–H groups in total. The van der Waals surface area contributed by atoms with Crippen LogP contribution in [-0.2, 0) is 50.1 Å². The molecule has 0 spiro atoms. The molecule has 41 heavy (non-hydrogen) atoms. The Balaban J connectivity index is 1.38. The Labute approximate surface area is 242 Å². The first-order chi connectivity index (χ1) is 20.3. The Hall–Kier alpha value is -3.36. The molecule has 214 valence electrons. The van der Waals surface area contributed by atoms with Gasteiger partial charge in [0.2, 0.25) is 0 Å². The molecule has 0 aromatic heterocycles. The van der Waals surface area contributed by atoms with Crippen molar-refractivity contribution in [2.45, 2.75) is 56.9 Å². The Morgan fingerprint density at radius 3 is 1.44 bits per heavy atom. The van der Waals surface area contributed by atoms with Gasteiger partial charge >= 0.3 is 0 Å². The first-order valence-corrected chi connectivity index (χ1v) is 14.1. The van der Waals surface area contributed by atoms with Crippen molar-refractivity contribution in [1.29, 1.82) is 0 Å². The molecule has 0 saturated carbocycles. The third-order valence-electron chi connectivity index (χ3n) is 7.20. The molecule has 0 aliphatic carbocycles. The van der Waals surface area contributed by atoms with Gasteiger partial charge in [0.05, 0.1) is 39.6 Å². The summed E-state index contributed by atoms with van der Waals surface area (Å²) in [5, 5.41) is 10.4. The van der Waals surface area contributed by atoms with E-state index in [1.54, 1.807) is 0 Å². The van der Waals surface area contributed by atoms with Crippen LogP contribution in [0.4, 0.5) is 0 Å². The number of hydrogen-bond acceptors (Lipinski definition) is 6. The van der Waals surface area contributed by atoms with E-state index in [2.05, 4.69) is 0 Å². The second-order valence-corrected chi connectivity index (χ2v) is 10.2. The van der Waals surface area contributed by atoms with Crippen LogP contribution in [-0.4, -0.2) is 48.8 Å². The van der Waals surface area contributed by atoms with Crippen LogP contribution in [0.5, 0.6) is 0 Å². The summed E-state index contributed by atoms with van der Waals surface area (Å²) in [6, 6.07) is 40.0. The normalized spacial score (nSPS) is 21.4. The zero-order chi connectivity index (χ0) is 28.1. The number of hydrogen-bond donors (Lipinski definition) is 1. The summed E-state index contributed by atoms with van der Waals surface area (Å²) in [4.78, 5) is 0. The van der Waals surface area contributed by atoms with Gasteiger partial charge in [0.25, 0.3) is 0 Å². The number of benzene rings is 4. The van der Waals surface area contributed by atoms with E-state index < -0.39 is 24.4 Å². The summed E-state index contributed by atoms with van der Waals surface area (Å²) >= 11 is 0. The minimum Gasteiger partial charge on any atom is -0.394 e. The Morgan fingerprint density at radius 2 is 0.976 bits per heavy atom. The number of rotatable bonds is 14. The lowest BCUT2D eigenvalue weighted by Crippen LogP contribution is -2.60. The van der Waals surface area contributed by atoms with Crippen molar-refractivity contribution in [2.24, 2.45) is 0 Å². The molecule has 1 fully saturated rings. The maximum atomic E-state index is 10.4. The van der Waals surface area contributed by atoms with Crippen LogP contribution < -0.4 is 0 Å². The molecule has 4 aromatic carbocycles. The highest BCUT2D eigenvalue weighted by Gasteiger charge is 2.46. The van der Waals surface area contributed by atoms with E-state index in [0.717, 1.165) is 22.3 Å². The van der Waals surface area contributed by atoms with Gasteiger partial charge in [-0.15, -0.1) is 0 Å². The molecule has 1 heterocycles. The van der Waals surface area contributed by atoms with Crippen LogP contribution in [0.3, 0.4) is 0 Å². The molecule has 0 unspecified atom stereocenters. The van der Waals surface area contributed by atoms with Crippen LogP contribution in [0, 0.1) is 0 Å². The molecule has 1 aliphatic heterocycles. The van der Waals surface area contributed by atoms with Gasteiger partial charge in [0.15, 0.2) is 0 Å².